The van der Waals surface area contributed by atoms with E-state index in [1.165, 1.54) is 11.3 Å². The molecule has 0 saturated carbocycles. The van der Waals surface area contributed by atoms with Gasteiger partial charge in [-0.15, -0.1) is 11.3 Å². The van der Waals surface area contributed by atoms with Crippen LogP contribution in [0, 0.1) is 5.82 Å². The van der Waals surface area contributed by atoms with E-state index in [1.54, 1.807) is 6.07 Å². The fourth-order valence-electron chi connectivity index (χ4n) is 2.47. The number of benzene rings is 1. The van der Waals surface area contributed by atoms with E-state index in [0.29, 0.717) is 17.0 Å². The molecule has 0 saturated heterocycles. The Bertz CT molecular complexity index is 693. The molecule has 1 aliphatic carbocycles. The van der Waals surface area contributed by atoms with Crippen LogP contribution in [0.15, 0.2) is 24.3 Å². The summed E-state index contributed by atoms with van der Waals surface area (Å²) in [7, 11) is 0. The lowest BCUT2D eigenvalue weighted by Gasteiger charge is -2.08. The van der Waals surface area contributed by atoms with Crippen molar-refractivity contribution in [2.45, 2.75) is 25.4 Å². The molecule has 0 bridgehead atoms. The topological polar surface area (TPSA) is 17.1 Å². The molecule has 0 spiro atoms. The lowest BCUT2D eigenvalue weighted by Crippen LogP contribution is -2.09. The predicted octanol–water partition coefficient (Wildman–Crippen LogP) is 4.63. The molecule has 0 N–H and O–H groups in total. The molecule has 1 nitrogen and oxygen atoms in total. The Morgan fingerprint density at radius 3 is 2.52 bits per heavy atom. The van der Waals surface area contributed by atoms with E-state index in [4.69, 9.17) is 0 Å². The van der Waals surface area contributed by atoms with E-state index in [9.17, 15) is 22.4 Å². The van der Waals surface area contributed by atoms with Crippen molar-refractivity contribution in [2.24, 2.45) is 0 Å². The zero-order valence-electron chi connectivity index (χ0n) is 10.8. The third-order valence-electron chi connectivity index (χ3n) is 3.51. The second kappa shape index (κ2) is 4.94. The van der Waals surface area contributed by atoms with Crippen molar-refractivity contribution < 1.29 is 22.4 Å². The van der Waals surface area contributed by atoms with Gasteiger partial charge in [-0.3, -0.25) is 4.79 Å². The maximum absolute atomic E-state index is 13.5. The molecule has 6 heteroatoms. The number of fused-ring (bicyclic) bond motifs is 1. The van der Waals surface area contributed by atoms with Gasteiger partial charge < -0.3 is 0 Å². The van der Waals surface area contributed by atoms with Gasteiger partial charge in [0.15, 0.2) is 0 Å². The van der Waals surface area contributed by atoms with Crippen LogP contribution in [-0.2, 0) is 19.0 Å². The van der Waals surface area contributed by atoms with Gasteiger partial charge in [-0.05, 0) is 43.0 Å². The summed E-state index contributed by atoms with van der Waals surface area (Å²) < 4.78 is 51.0. The van der Waals surface area contributed by atoms with Crippen LogP contribution in [0.25, 0.3) is 0 Å². The minimum Gasteiger partial charge on any atom is -0.288 e. The molecule has 0 radical (unpaired) electrons. The molecule has 1 heterocycles. The first kappa shape index (κ1) is 14.3. The Kier molecular flexibility index (Phi) is 3.36. The molecule has 0 atom stereocenters. The van der Waals surface area contributed by atoms with Gasteiger partial charge in [0.1, 0.15) is 5.82 Å². The van der Waals surface area contributed by atoms with Crippen molar-refractivity contribution in [3.8, 4) is 0 Å². The van der Waals surface area contributed by atoms with Gasteiger partial charge in [0, 0.05) is 10.4 Å². The number of carbonyl (C=O) groups is 1. The van der Waals surface area contributed by atoms with E-state index < -0.39 is 23.3 Å². The van der Waals surface area contributed by atoms with Gasteiger partial charge in [0.05, 0.1) is 10.4 Å². The number of alkyl halides is 3. The van der Waals surface area contributed by atoms with Crippen LogP contribution in [0.3, 0.4) is 0 Å². The lowest BCUT2D eigenvalue weighted by atomic mass is 10.1. The molecule has 1 aromatic carbocycles. The van der Waals surface area contributed by atoms with E-state index in [2.05, 4.69) is 0 Å². The molecule has 0 fully saturated rings. The maximum Gasteiger partial charge on any atom is 0.419 e. The predicted molar refractivity (Wildman–Crippen MR) is 71.2 cm³/mol. The highest BCUT2D eigenvalue weighted by Crippen LogP contribution is 2.34. The lowest BCUT2D eigenvalue weighted by molar-refractivity contribution is -0.140. The van der Waals surface area contributed by atoms with Gasteiger partial charge in [0.2, 0.25) is 5.78 Å². The largest absolute Gasteiger partial charge is 0.419 e. The molecule has 0 aliphatic heterocycles. The molecule has 2 aromatic rings. The van der Waals surface area contributed by atoms with Crippen molar-refractivity contribution >= 4 is 17.1 Å². The number of hydrogen-bond donors (Lipinski definition) is 0. The second-order valence-corrected chi connectivity index (χ2v) is 6.07. The molecule has 1 aromatic heterocycles. The number of aryl methyl sites for hydroxylation is 2. The Morgan fingerprint density at radius 2 is 1.90 bits per heavy atom. The van der Waals surface area contributed by atoms with Crippen LogP contribution in [0.2, 0.25) is 0 Å². The van der Waals surface area contributed by atoms with Crippen LogP contribution in [0.5, 0.6) is 0 Å². The number of rotatable bonds is 2. The third-order valence-corrected chi connectivity index (χ3v) is 4.74. The standard InChI is InChI=1S/C15H10F4OS/c16-11-6-9(4-5-10(11)15(17,18)19)14(20)13-7-8-2-1-3-12(8)21-13/h4-7H,1-3H2. The van der Waals surface area contributed by atoms with Crippen molar-refractivity contribution in [3.63, 3.8) is 0 Å². The molecular formula is C15H10F4OS. The first-order chi connectivity index (χ1) is 9.86. The Balaban J connectivity index is 1.93. The SMILES string of the molecule is O=C(c1ccc(C(F)(F)F)c(F)c1)c1cc2c(s1)CCC2. The summed E-state index contributed by atoms with van der Waals surface area (Å²) in [4.78, 5) is 13.8. The summed E-state index contributed by atoms with van der Waals surface area (Å²) in [6.07, 6.45) is -1.85. The second-order valence-electron chi connectivity index (χ2n) is 4.93. The Hall–Kier alpha value is -1.69. The molecule has 0 amide bonds. The summed E-state index contributed by atoms with van der Waals surface area (Å²) in [6, 6.07) is 4.07. The number of carbonyl (C=O) groups excluding carboxylic acids is 1. The van der Waals surface area contributed by atoms with E-state index >= 15 is 0 Å². The van der Waals surface area contributed by atoms with Crippen LogP contribution in [-0.4, -0.2) is 5.78 Å². The summed E-state index contributed by atoms with van der Waals surface area (Å²) >= 11 is 1.35. The van der Waals surface area contributed by atoms with Gasteiger partial charge in [-0.1, -0.05) is 6.07 Å². The normalized spacial score (nSPS) is 14.3. The minimum absolute atomic E-state index is 0.0552. The summed E-state index contributed by atoms with van der Waals surface area (Å²) in [5, 5.41) is 0. The van der Waals surface area contributed by atoms with E-state index in [-0.39, 0.29) is 5.56 Å². The highest BCUT2D eigenvalue weighted by atomic mass is 32.1. The van der Waals surface area contributed by atoms with Crippen molar-refractivity contribution in [3.05, 3.63) is 56.5 Å². The van der Waals surface area contributed by atoms with Gasteiger partial charge in [-0.25, -0.2) is 4.39 Å². The zero-order valence-corrected chi connectivity index (χ0v) is 11.6. The average Bonchev–Trinajstić information content (AvgIpc) is 2.96. The molecular weight excluding hydrogens is 304 g/mol. The zero-order chi connectivity index (χ0) is 15.2. The first-order valence-corrected chi connectivity index (χ1v) is 7.21. The molecule has 3 rings (SSSR count). The monoisotopic (exact) mass is 314 g/mol. The fourth-order valence-corrected chi connectivity index (χ4v) is 3.69. The van der Waals surface area contributed by atoms with Crippen molar-refractivity contribution in [2.75, 3.05) is 0 Å². The molecule has 1 aliphatic rings. The Labute approximate surface area is 122 Å². The molecule has 0 unspecified atom stereocenters. The van der Waals surface area contributed by atoms with E-state index in [1.807, 2.05) is 0 Å². The maximum atomic E-state index is 13.5. The number of hydrogen-bond acceptors (Lipinski definition) is 2. The molecule has 110 valence electrons. The number of halogens is 4. The fraction of sp³-hybridized carbons (Fsp3) is 0.267. The quantitative estimate of drug-likeness (QED) is 0.583. The highest BCUT2D eigenvalue weighted by molar-refractivity contribution is 7.14. The smallest absolute Gasteiger partial charge is 0.288 e. The highest BCUT2D eigenvalue weighted by Gasteiger charge is 2.34. The number of thiophene rings is 1. The van der Waals surface area contributed by atoms with Crippen molar-refractivity contribution in [1.82, 2.24) is 0 Å². The van der Waals surface area contributed by atoms with Gasteiger partial charge in [-0.2, -0.15) is 13.2 Å². The van der Waals surface area contributed by atoms with E-state index in [0.717, 1.165) is 35.8 Å². The van der Waals surface area contributed by atoms with Crippen LogP contribution < -0.4 is 0 Å². The summed E-state index contributed by atoms with van der Waals surface area (Å²) in [5.74, 6) is -1.85. The van der Waals surface area contributed by atoms with Crippen LogP contribution in [0.1, 0.15) is 37.7 Å². The molecule has 21 heavy (non-hydrogen) atoms. The average molecular weight is 314 g/mol. The summed E-state index contributed by atoms with van der Waals surface area (Å²) in [6.45, 7) is 0. The van der Waals surface area contributed by atoms with Crippen LogP contribution in [0.4, 0.5) is 17.6 Å². The van der Waals surface area contributed by atoms with Gasteiger partial charge in [0.25, 0.3) is 0 Å². The summed E-state index contributed by atoms with van der Waals surface area (Å²) in [5.41, 5.74) is -0.288. The first-order valence-electron chi connectivity index (χ1n) is 6.39. The Morgan fingerprint density at radius 1 is 1.14 bits per heavy atom. The minimum atomic E-state index is -4.75. The third kappa shape index (κ3) is 2.60. The number of ketones is 1. The van der Waals surface area contributed by atoms with Gasteiger partial charge >= 0.3 is 6.18 Å². The van der Waals surface area contributed by atoms with Crippen LogP contribution >= 0.6 is 11.3 Å². The van der Waals surface area contributed by atoms with Crippen molar-refractivity contribution in [1.29, 1.82) is 0 Å².